The van der Waals surface area contributed by atoms with Crippen molar-refractivity contribution < 1.29 is 0 Å². The number of hydrogen-bond donors (Lipinski definition) is 1. The van der Waals surface area contributed by atoms with Crippen LogP contribution in [0.1, 0.15) is 24.1 Å². The average molecular weight is 280 g/mol. The van der Waals surface area contributed by atoms with Crippen molar-refractivity contribution in [1.29, 1.82) is 0 Å². The number of nitrogens with one attached hydrogen (secondary N) is 1. The largest absolute Gasteiger partial charge is 0.306 e. The van der Waals surface area contributed by atoms with E-state index in [9.17, 15) is 0 Å². The van der Waals surface area contributed by atoms with Gasteiger partial charge in [-0.3, -0.25) is 0 Å². The van der Waals surface area contributed by atoms with Crippen LogP contribution in [0.25, 0.3) is 0 Å². The molecule has 1 nitrogen and oxygen atoms in total. The zero-order valence-corrected chi connectivity index (χ0v) is 11.7. The van der Waals surface area contributed by atoms with Gasteiger partial charge in [0.2, 0.25) is 0 Å². The molecule has 0 aliphatic rings. The molecule has 1 unspecified atom stereocenters. The minimum absolute atomic E-state index is 0.263. The molecule has 0 aromatic heterocycles. The van der Waals surface area contributed by atoms with E-state index in [1.165, 1.54) is 5.56 Å². The summed E-state index contributed by atoms with van der Waals surface area (Å²) in [5, 5.41) is 5.01. The predicted octanol–water partition coefficient (Wildman–Crippen LogP) is 4.84. The van der Waals surface area contributed by atoms with Crippen LogP contribution in [-0.4, -0.2) is 0 Å². The summed E-state index contributed by atoms with van der Waals surface area (Å²) in [6, 6.07) is 16.0. The van der Waals surface area contributed by atoms with Crippen LogP contribution in [0.2, 0.25) is 10.0 Å². The topological polar surface area (TPSA) is 12.0 Å². The third-order valence-electron chi connectivity index (χ3n) is 2.93. The quantitative estimate of drug-likeness (QED) is 0.844. The molecular weight excluding hydrogens is 265 g/mol. The van der Waals surface area contributed by atoms with Crippen molar-refractivity contribution in [1.82, 2.24) is 5.32 Å². The van der Waals surface area contributed by atoms with Gasteiger partial charge in [-0.2, -0.15) is 0 Å². The minimum atomic E-state index is 0.263. The Bertz CT molecular complexity index is 508. The Labute approximate surface area is 118 Å². The van der Waals surface area contributed by atoms with E-state index in [1.54, 1.807) is 0 Å². The first-order valence-electron chi connectivity index (χ1n) is 5.89. The first-order valence-corrected chi connectivity index (χ1v) is 6.64. The van der Waals surface area contributed by atoms with Gasteiger partial charge in [-0.15, -0.1) is 0 Å². The van der Waals surface area contributed by atoms with E-state index in [4.69, 9.17) is 23.2 Å². The number of benzene rings is 2. The summed E-state index contributed by atoms with van der Waals surface area (Å²) in [6.45, 7) is 2.88. The summed E-state index contributed by atoms with van der Waals surface area (Å²) in [6.07, 6.45) is 0. The van der Waals surface area contributed by atoms with Gasteiger partial charge in [-0.1, -0.05) is 53.5 Å². The summed E-state index contributed by atoms with van der Waals surface area (Å²) >= 11 is 12.0. The molecule has 0 bridgehead atoms. The Balaban J connectivity index is 1.98. The summed E-state index contributed by atoms with van der Waals surface area (Å²) in [5.74, 6) is 0. The van der Waals surface area contributed by atoms with Crippen molar-refractivity contribution in [2.45, 2.75) is 19.5 Å². The highest BCUT2D eigenvalue weighted by molar-refractivity contribution is 6.31. The molecule has 0 fully saturated rings. The van der Waals surface area contributed by atoms with Crippen LogP contribution in [0, 0.1) is 0 Å². The minimum Gasteiger partial charge on any atom is -0.306 e. The number of halogens is 2. The molecule has 18 heavy (non-hydrogen) atoms. The van der Waals surface area contributed by atoms with Crippen molar-refractivity contribution in [2.75, 3.05) is 0 Å². The van der Waals surface area contributed by atoms with Gasteiger partial charge in [0.05, 0.1) is 0 Å². The molecule has 2 aromatic rings. The fourth-order valence-electron chi connectivity index (χ4n) is 1.77. The predicted molar refractivity (Wildman–Crippen MR) is 78.2 cm³/mol. The normalized spacial score (nSPS) is 12.4. The highest BCUT2D eigenvalue weighted by atomic mass is 35.5. The molecule has 1 N–H and O–H groups in total. The molecule has 2 rings (SSSR count). The summed E-state index contributed by atoms with van der Waals surface area (Å²) in [4.78, 5) is 0. The molecule has 0 amide bonds. The molecule has 2 aromatic carbocycles. The summed E-state index contributed by atoms with van der Waals surface area (Å²) in [7, 11) is 0. The molecule has 0 spiro atoms. The van der Waals surface area contributed by atoms with Crippen molar-refractivity contribution in [2.24, 2.45) is 0 Å². The van der Waals surface area contributed by atoms with Crippen molar-refractivity contribution in [3.63, 3.8) is 0 Å². The first kappa shape index (κ1) is 13.4. The van der Waals surface area contributed by atoms with E-state index in [0.717, 1.165) is 22.2 Å². The van der Waals surface area contributed by atoms with Crippen molar-refractivity contribution in [3.8, 4) is 0 Å². The fourth-order valence-corrected chi connectivity index (χ4v) is 2.10. The zero-order chi connectivity index (χ0) is 13.0. The number of hydrogen-bond acceptors (Lipinski definition) is 1. The molecule has 0 saturated carbocycles. The lowest BCUT2D eigenvalue weighted by atomic mass is 10.1. The van der Waals surface area contributed by atoms with E-state index < -0.39 is 0 Å². The standard InChI is InChI=1S/C15H15Cl2N/c1-11(12-6-8-14(16)9-7-12)18-10-13-4-2-3-5-15(13)17/h2-9,11,18H,10H2,1H3. The highest BCUT2D eigenvalue weighted by Gasteiger charge is 2.05. The third kappa shape index (κ3) is 3.49. The van der Waals surface area contributed by atoms with E-state index in [0.29, 0.717) is 0 Å². The van der Waals surface area contributed by atoms with Gasteiger partial charge in [0.15, 0.2) is 0 Å². The van der Waals surface area contributed by atoms with E-state index in [2.05, 4.69) is 12.2 Å². The molecule has 3 heteroatoms. The van der Waals surface area contributed by atoms with Gasteiger partial charge in [0.1, 0.15) is 0 Å². The second kappa shape index (κ2) is 6.24. The van der Waals surface area contributed by atoms with E-state index >= 15 is 0 Å². The molecule has 0 aliphatic carbocycles. The molecule has 0 aliphatic heterocycles. The van der Waals surface area contributed by atoms with Gasteiger partial charge in [-0.05, 0) is 36.2 Å². The monoisotopic (exact) mass is 279 g/mol. The van der Waals surface area contributed by atoms with Crippen molar-refractivity contribution in [3.05, 3.63) is 69.7 Å². The fraction of sp³-hybridized carbons (Fsp3) is 0.200. The van der Waals surface area contributed by atoms with Crippen LogP contribution in [0.3, 0.4) is 0 Å². The second-order valence-corrected chi connectivity index (χ2v) is 5.09. The van der Waals surface area contributed by atoms with Crippen LogP contribution in [0.5, 0.6) is 0 Å². The molecule has 0 heterocycles. The Morgan fingerprint density at radius 2 is 1.67 bits per heavy atom. The highest BCUT2D eigenvalue weighted by Crippen LogP contribution is 2.18. The van der Waals surface area contributed by atoms with Gasteiger partial charge in [0, 0.05) is 22.6 Å². The smallest absolute Gasteiger partial charge is 0.0450 e. The number of rotatable bonds is 4. The summed E-state index contributed by atoms with van der Waals surface area (Å²) in [5.41, 5.74) is 2.33. The first-order chi connectivity index (χ1) is 8.66. The molecule has 94 valence electrons. The molecule has 1 atom stereocenters. The van der Waals surface area contributed by atoms with Gasteiger partial charge in [0.25, 0.3) is 0 Å². The molecular formula is C15H15Cl2N. The zero-order valence-electron chi connectivity index (χ0n) is 10.2. The van der Waals surface area contributed by atoms with E-state index in [1.807, 2.05) is 48.5 Å². The third-order valence-corrected chi connectivity index (χ3v) is 3.55. The van der Waals surface area contributed by atoms with Gasteiger partial charge >= 0.3 is 0 Å². The van der Waals surface area contributed by atoms with Gasteiger partial charge < -0.3 is 5.32 Å². The maximum atomic E-state index is 6.12. The van der Waals surface area contributed by atoms with Crippen LogP contribution >= 0.6 is 23.2 Å². The maximum Gasteiger partial charge on any atom is 0.0450 e. The SMILES string of the molecule is CC(NCc1ccccc1Cl)c1ccc(Cl)cc1. The Morgan fingerprint density at radius 3 is 2.33 bits per heavy atom. The molecule has 0 radical (unpaired) electrons. The summed E-state index contributed by atoms with van der Waals surface area (Å²) < 4.78 is 0. The van der Waals surface area contributed by atoms with E-state index in [-0.39, 0.29) is 6.04 Å². The lowest BCUT2D eigenvalue weighted by Crippen LogP contribution is -2.18. The molecule has 0 saturated heterocycles. The maximum absolute atomic E-state index is 6.12. The average Bonchev–Trinajstić information content (AvgIpc) is 2.38. The Kier molecular flexibility index (Phi) is 4.65. The second-order valence-electron chi connectivity index (χ2n) is 4.25. The van der Waals surface area contributed by atoms with Crippen LogP contribution in [0.4, 0.5) is 0 Å². The lowest BCUT2D eigenvalue weighted by molar-refractivity contribution is 0.575. The lowest BCUT2D eigenvalue weighted by Gasteiger charge is -2.15. The van der Waals surface area contributed by atoms with Crippen LogP contribution < -0.4 is 5.32 Å². The Morgan fingerprint density at radius 1 is 1.00 bits per heavy atom. The van der Waals surface area contributed by atoms with Crippen LogP contribution in [0.15, 0.2) is 48.5 Å². The Hall–Kier alpha value is -1.02. The van der Waals surface area contributed by atoms with Crippen LogP contribution in [-0.2, 0) is 6.54 Å². The van der Waals surface area contributed by atoms with Gasteiger partial charge in [-0.25, -0.2) is 0 Å². The van der Waals surface area contributed by atoms with Crippen molar-refractivity contribution >= 4 is 23.2 Å².